The van der Waals surface area contributed by atoms with Crippen LogP contribution >= 0.6 is 0 Å². The summed E-state index contributed by atoms with van der Waals surface area (Å²) < 4.78 is 5.23. The quantitative estimate of drug-likeness (QED) is 0.803. The van der Waals surface area contributed by atoms with Gasteiger partial charge in [0.25, 0.3) is 5.91 Å². The zero-order valence-corrected chi connectivity index (χ0v) is 15.3. The molecule has 140 valence electrons. The summed E-state index contributed by atoms with van der Waals surface area (Å²) in [6, 6.07) is 7.17. The number of imide groups is 1. The number of carbonyl (C=O) groups is 3. The van der Waals surface area contributed by atoms with Gasteiger partial charge in [-0.3, -0.25) is 14.5 Å². The third-order valence-electron chi connectivity index (χ3n) is 5.00. The van der Waals surface area contributed by atoms with Crippen LogP contribution in [0.3, 0.4) is 0 Å². The summed E-state index contributed by atoms with van der Waals surface area (Å²) >= 11 is 0. The molecule has 2 saturated heterocycles. The molecule has 2 aliphatic heterocycles. The minimum Gasteiger partial charge on any atom is -0.378 e. The SMILES string of the molecule is CCCc1ccc(C2(C)NC(=O)N(CC(=O)N3CCOCC3)C2=O)cc1. The van der Waals surface area contributed by atoms with Gasteiger partial charge in [0.05, 0.1) is 13.2 Å². The second kappa shape index (κ2) is 7.45. The second-order valence-corrected chi connectivity index (χ2v) is 6.89. The van der Waals surface area contributed by atoms with Crippen LogP contribution in [0.25, 0.3) is 0 Å². The average molecular weight is 359 g/mol. The van der Waals surface area contributed by atoms with Crippen LogP contribution in [0.2, 0.25) is 0 Å². The van der Waals surface area contributed by atoms with Crippen molar-refractivity contribution in [1.29, 1.82) is 0 Å². The standard InChI is InChI=1S/C19H25N3O4/c1-3-4-14-5-7-15(8-6-14)19(2)17(24)22(18(25)20-19)13-16(23)21-9-11-26-12-10-21/h5-8H,3-4,9-13H2,1-2H3,(H,20,25). The van der Waals surface area contributed by atoms with Crippen molar-refractivity contribution in [2.45, 2.75) is 32.2 Å². The van der Waals surface area contributed by atoms with Gasteiger partial charge in [-0.1, -0.05) is 37.6 Å². The first-order valence-electron chi connectivity index (χ1n) is 9.04. The topological polar surface area (TPSA) is 79.0 Å². The highest BCUT2D eigenvalue weighted by atomic mass is 16.5. The Kier molecular flexibility index (Phi) is 5.27. The fourth-order valence-corrected chi connectivity index (χ4v) is 3.38. The summed E-state index contributed by atoms with van der Waals surface area (Å²) in [5.41, 5.74) is 0.764. The number of rotatable bonds is 5. The van der Waals surface area contributed by atoms with Gasteiger partial charge in [-0.2, -0.15) is 0 Å². The third-order valence-corrected chi connectivity index (χ3v) is 5.00. The maximum atomic E-state index is 12.9. The molecule has 3 rings (SSSR count). The Bertz CT molecular complexity index is 697. The number of nitrogens with zero attached hydrogens (tertiary/aromatic N) is 2. The number of hydrogen-bond donors (Lipinski definition) is 1. The van der Waals surface area contributed by atoms with Gasteiger partial charge >= 0.3 is 6.03 Å². The van der Waals surface area contributed by atoms with E-state index in [1.54, 1.807) is 11.8 Å². The molecule has 7 heteroatoms. The van der Waals surface area contributed by atoms with Gasteiger partial charge in [0, 0.05) is 13.1 Å². The van der Waals surface area contributed by atoms with Crippen LogP contribution in [-0.2, 0) is 26.3 Å². The number of aryl methyl sites for hydroxylation is 1. The summed E-state index contributed by atoms with van der Waals surface area (Å²) in [5.74, 6) is -0.633. The van der Waals surface area contributed by atoms with Gasteiger partial charge in [-0.15, -0.1) is 0 Å². The number of carbonyl (C=O) groups excluding carboxylic acids is 3. The molecular formula is C19H25N3O4. The molecule has 1 atom stereocenters. The smallest absolute Gasteiger partial charge is 0.325 e. The molecule has 0 aromatic heterocycles. The molecule has 1 N–H and O–H groups in total. The Labute approximate surface area is 153 Å². The summed E-state index contributed by atoms with van der Waals surface area (Å²) in [4.78, 5) is 40.3. The van der Waals surface area contributed by atoms with Crippen molar-refractivity contribution < 1.29 is 19.1 Å². The van der Waals surface area contributed by atoms with Crippen LogP contribution in [0.4, 0.5) is 4.79 Å². The molecule has 4 amide bonds. The first-order chi connectivity index (χ1) is 12.5. The highest BCUT2D eigenvalue weighted by Crippen LogP contribution is 2.29. The molecule has 1 aromatic rings. The van der Waals surface area contributed by atoms with Crippen LogP contribution < -0.4 is 5.32 Å². The summed E-state index contributed by atoms with van der Waals surface area (Å²) in [6.45, 7) is 5.48. The molecule has 0 aliphatic carbocycles. The lowest BCUT2D eigenvalue weighted by molar-refractivity contribution is -0.141. The van der Waals surface area contributed by atoms with E-state index in [4.69, 9.17) is 4.74 Å². The lowest BCUT2D eigenvalue weighted by Gasteiger charge is -2.28. The molecule has 0 bridgehead atoms. The highest BCUT2D eigenvalue weighted by Gasteiger charge is 2.49. The van der Waals surface area contributed by atoms with E-state index in [1.165, 1.54) is 5.56 Å². The third kappa shape index (κ3) is 3.44. The van der Waals surface area contributed by atoms with E-state index in [1.807, 2.05) is 24.3 Å². The Morgan fingerprint density at radius 3 is 2.46 bits per heavy atom. The number of amides is 4. The van der Waals surface area contributed by atoms with E-state index in [0.717, 1.165) is 23.3 Å². The summed E-state index contributed by atoms with van der Waals surface area (Å²) in [7, 11) is 0. The summed E-state index contributed by atoms with van der Waals surface area (Å²) in [5, 5.41) is 2.75. The molecule has 2 heterocycles. The predicted molar refractivity (Wildman–Crippen MR) is 95.4 cm³/mol. The molecule has 1 unspecified atom stereocenters. The van der Waals surface area contributed by atoms with Gasteiger partial charge < -0.3 is 15.0 Å². The molecule has 0 spiro atoms. The molecule has 26 heavy (non-hydrogen) atoms. The minimum absolute atomic E-state index is 0.237. The molecule has 7 nitrogen and oxygen atoms in total. The Balaban J connectivity index is 1.73. The van der Waals surface area contributed by atoms with E-state index in [2.05, 4.69) is 12.2 Å². The summed E-state index contributed by atoms with van der Waals surface area (Å²) in [6.07, 6.45) is 2.02. The van der Waals surface area contributed by atoms with Crippen molar-refractivity contribution in [2.24, 2.45) is 0 Å². The zero-order valence-electron chi connectivity index (χ0n) is 15.3. The first kappa shape index (κ1) is 18.4. The van der Waals surface area contributed by atoms with E-state index in [0.29, 0.717) is 26.3 Å². The normalized spacial score (nSPS) is 23.3. The fraction of sp³-hybridized carbons (Fsp3) is 0.526. The second-order valence-electron chi connectivity index (χ2n) is 6.89. The maximum absolute atomic E-state index is 12.9. The maximum Gasteiger partial charge on any atom is 0.325 e. The van der Waals surface area contributed by atoms with Crippen molar-refractivity contribution in [2.75, 3.05) is 32.8 Å². The van der Waals surface area contributed by atoms with Crippen LogP contribution in [0, 0.1) is 0 Å². The Hall–Kier alpha value is -2.41. The van der Waals surface area contributed by atoms with Crippen LogP contribution in [0.5, 0.6) is 0 Å². The monoisotopic (exact) mass is 359 g/mol. The number of nitrogens with one attached hydrogen (secondary N) is 1. The van der Waals surface area contributed by atoms with Crippen molar-refractivity contribution in [1.82, 2.24) is 15.1 Å². The lowest BCUT2D eigenvalue weighted by atomic mass is 9.91. The average Bonchev–Trinajstić information content (AvgIpc) is 2.87. The van der Waals surface area contributed by atoms with Crippen molar-refractivity contribution in [3.8, 4) is 0 Å². The minimum atomic E-state index is -1.15. The van der Waals surface area contributed by atoms with E-state index >= 15 is 0 Å². The molecule has 0 saturated carbocycles. The van der Waals surface area contributed by atoms with Gasteiger partial charge in [-0.25, -0.2) is 4.79 Å². The van der Waals surface area contributed by atoms with Crippen LogP contribution in [-0.4, -0.2) is 60.5 Å². The number of morpholine rings is 1. The number of benzene rings is 1. The van der Waals surface area contributed by atoms with Gasteiger partial charge in [-0.05, 0) is 24.5 Å². The predicted octanol–water partition coefficient (Wildman–Crippen LogP) is 1.26. The molecule has 0 radical (unpaired) electrons. The molecule has 2 fully saturated rings. The molecular weight excluding hydrogens is 334 g/mol. The molecule has 1 aromatic carbocycles. The Morgan fingerprint density at radius 1 is 1.19 bits per heavy atom. The van der Waals surface area contributed by atoms with Crippen molar-refractivity contribution in [3.63, 3.8) is 0 Å². The number of ether oxygens (including phenoxy) is 1. The lowest BCUT2D eigenvalue weighted by Crippen LogP contribution is -2.47. The van der Waals surface area contributed by atoms with Crippen molar-refractivity contribution >= 4 is 17.8 Å². The first-order valence-corrected chi connectivity index (χ1v) is 9.04. The van der Waals surface area contributed by atoms with Crippen LogP contribution in [0.1, 0.15) is 31.4 Å². The largest absolute Gasteiger partial charge is 0.378 e. The fourth-order valence-electron chi connectivity index (χ4n) is 3.38. The number of hydrogen-bond acceptors (Lipinski definition) is 4. The highest BCUT2D eigenvalue weighted by molar-refractivity contribution is 6.09. The van der Waals surface area contributed by atoms with E-state index in [9.17, 15) is 14.4 Å². The van der Waals surface area contributed by atoms with Crippen LogP contribution in [0.15, 0.2) is 24.3 Å². The Morgan fingerprint density at radius 2 is 1.85 bits per heavy atom. The van der Waals surface area contributed by atoms with Gasteiger partial charge in [0.1, 0.15) is 12.1 Å². The van der Waals surface area contributed by atoms with E-state index in [-0.39, 0.29) is 12.5 Å². The van der Waals surface area contributed by atoms with Gasteiger partial charge in [0.15, 0.2) is 0 Å². The van der Waals surface area contributed by atoms with Crippen molar-refractivity contribution in [3.05, 3.63) is 35.4 Å². The van der Waals surface area contributed by atoms with Gasteiger partial charge in [0.2, 0.25) is 5.91 Å². The number of urea groups is 1. The van der Waals surface area contributed by atoms with E-state index < -0.39 is 17.5 Å². The zero-order chi connectivity index (χ0) is 18.7. The molecule has 2 aliphatic rings.